The summed E-state index contributed by atoms with van der Waals surface area (Å²) >= 11 is 0. The molecule has 1 rings (SSSR count). The minimum Gasteiger partial charge on any atom is -0.508 e. The number of phenolic OH excluding ortho intramolecular Hbond substituents is 2. The molecule has 12 heavy (non-hydrogen) atoms. The molecule has 0 aliphatic carbocycles. The van der Waals surface area contributed by atoms with Gasteiger partial charge in [0.05, 0.1) is 0 Å². The summed E-state index contributed by atoms with van der Waals surface area (Å²) in [4.78, 5) is 0. The highest BCUT2D eigenvalue weighted by Gasteiger charge is 2.08. The van der Waals surface area contributed by atoms with Gasteiger partial charge in [-0.25, -0.2) is 0 Å². The first-order chi connectivity index (χ1) is 5.70. The molecule has 66 valence electrons. The Kier molecular flexibility index (Phi) is 2.58. The van der Waals surface area contributed by atoms with E-state index in [9.17, 15) is 10.2 Å². The van der Waals surface area contributed by atoms with Gasteiger partial charge in [0.15, 0.2) is 0 Å². The number of aromatic hydroxyl groups is 2. The summed E-state index contributed by atoms with van der Waals surface area (Å²) in [7, 11) is 0. The van der Waals surface area contributed by atoms with Crippen molar-refractivity contribution < 1.29 is 10.2 Å². The lowest BCUT2D eigenvalue weighted by molar-refractivity contribution is 0.449. The van der Waals surface area contributed by atoms with E-state index < -0.39 is 0 Å². The Balaban J connectivity index is 3.28. The molecule has 0 atom stereocenters. The molecule has 0 heterocycles. The van der Waals surface area contributed by atoms with Crippen LogP contribution in [0.15, 0.2) is 12.1 Å². The first-order valence-corrected chi connectivity index (χ1v) is 4.23. The van der Waals surface area contributed by atoms with Crippen molar-refractivity contribution in [2.45, 2.75) is 26.7 Å². The summed E-state index contributed by atoms with van der Waals surface area (Å²) < 4.78 is 0. The zero-order valence-corrected chi connectivity index (χ0v) is 7.46. The molecule has 1 aromatic rings. The average molecular weight is 166 g/mol. The Morgan fingerprint density at radius 1 is 0.917 bits per heavy atom. The minimum absolute atomic E-state index is 0.284. The van der Waals surface area contributed by atoms with Crippen LogP contribution < -0.4 is 0 Å². The van der Waals surface area contributed by atoms with Gasteiger partial charge in [0.2, 0.25) is 0 Å². The number of hydrogen-bond acceptors (Lipinski definition) is 2. The molecule has 0 unspecified atom stereocenters. The fourth-order valence-electron chi connectivity index (χ4n) is 1.46. The zero-order chi connectivity index (χ0) is 9.14. The van der Waals surface area contributed by atoms with Gasteiger partial charge in [0, 0.05) is 11.1 Å². The highest BCUT2D eigenvalue weighted by atomic mass is 16.3. The normalized spacial score (nSPS) is 10.2. The van der Waals surface area contributed by atoms with Crippen LogP contribution >= 0.6 is 0 Å². The van der Waals surface area contributed by atoms with Gasteiger partial charge in [0.25, 0.3) is 0 Å². The smallest absolute Gasteiger partial charge is 0.119 e. The van der Waals surface area contributed by atoms with Gasteiger partial charge in [-0.05, 0) is 25.0 Å². The first kappa shape index (κ1) is 8.91. The van der Waals surface area contributed by atoms with E-state index in [2.05, 4.69) is 0 Å². The fraction of sp³-hybridized carbons (Fsp3) is 0.400. The summed E-state index contributed by atoms with van der Waals surface area (Å²) in [6.07, 6.45) is 1.51. The topological polar surface area (TPSA) is 40.5 Å². The largest absolute Gasteiger partial charge is 0.508 e. The molecule has 0 bridgehead atoms. The first-order valence-electron chi connectivity index (χ1n) is 4.23. The van der Waals surface area contributed by atoms with Crippen LogP contribution in [0.3, 0.4) is 0 Å². The molecule has 0 aromatic heterocycles. The lowest BCUT2D eigenvalue weighted by Crippen LogP contribution is -1.91. The van der Waals surface area contributed by atoms with Crippen LogP contribution in [0.2, 0.25) is 0 Å². The summed E-state index contributed by atoms with van der Waals surface area (Å²) in [6, 6.07) is 3.07. The second-order valence-electron chi connectivity index (χ2n) is 2.77. The van der Waals surface area contributed by atoms with Gasteiger partial charge in [-0.1, -0.05) is 13.8 Å². The third-order valence-electron chi connectivity index (χ3n) is 2.09. The Hall–Kier alpha value is -1.18. The molecule has 0 radical (unpaired) electrons. The number of phenols is 2. The second kappa shape index (κ2) is 3.48. The van der Waals surface area contributed by atoms with Crippen molar-refractivity contribution >= 4 is 0 Å². The van der Waals surface area contributed by atoms with E-state index in [-0.39, 0.29) is 11.5 Å². The van der Waals surface area contributed by atoms with E-state index >= 15 is 0 Å². The summed E-state index contributed by atoms with van der Waals surface area (Å²) in [5, 5.41) is 18.9. The highest BCUT2D eigenvalue weighted by Crippen LogP contribution is 2.29. The van der Waals surface area contributed by atoms with E-state index in [1.807, 2.05) is 13.8 Å². The molecule has 2 heteroatoms. The van der Waals surface area contributed by atoms with Gasteiger partial charge in [-0.15, -0.1) is 0 Å². The molecule has 0 saturated carbocycles. The van der Waals surface area contributed by atoms with Crippen LogP contribution in [0.4, 0.5) is 0 Å². The summed E-state index contributed by atoms with van der Waals surface area (Å²) in [6.45, 7) is 3.93. The number of rotatable bonds is 2. The molecule has 1 aromatic carbocycles. The van der Waals surface area contributed by atoms with Gasteiger partial charge in [0.1, 0.15) is 11.5 Å². The molecule has 0 saturated heterocycles. The number of benzene rings is 1. The van der Waals surface area contributed by atoms with E-state index in [0.29, 0.717) is 0 Å². The molecule has 0 aliphatic rings. The molecule has 2 nitrogen and oxygen atoms in total. The van der Waals surface area contributed by atoms with Crippen molar-refractivity contribution in [3.63, 3.8) is 0 Å². The SMILES string of the molecule is CCc1c(O)ccc(O)c1CC. The van der Waals surface area contributed by atoms with Gasteiger partial charge < -0.3 is 10.2 Å². The molecular weight excluding hydrogens is 152 g/mol. The second-order valence-corrected chi connectivity index (χ2v) is 2.77. The van der Waals surface area contributed by atoms with Crippen LogP contribution in [-0.4, -0.2) is 10.2 Å². The van der Waals surface area contributed by atoms with Crippen LogP contribution in [0.1, 0.15) is 25.0 Å². The monoisotopic (exact) mass is 166 g/mol. The molecule has 0 spiro atoms. The minimum atomic E-state index is 0.284. The summed E-state index contributed by atoms with van der Waals surface area (Å²) in [5.41, 5.74) is 1.72. The third-order valence-corrected chi connectivity index (χ3v) is 2.09. The Labute approximate surface area is 72.5 Å². The van der Waals surface area contributed by atoms with E-state index in [0.717, 1.165) is 24.0 Å². The van der Waals surface area contributed by atoms with Crippen LogP contribution in [0.5, 0.6) is 11.5 Å². The average Bonchev–Trinajstić information content (AvgIpc) is 2.08. The predicted molar refractivity (Wildman–Crippen MR) is 48.5 cm³/mol. The zero-order valence-electron chi connectivity index (χ0n) is 7.46. The maximum absolute atomic E-state index is 9.44. The van der Waals surface area contributed by atoms with Crippen molar-refractivity contribution in [3.05, 3.63) is 23.3 Å². The number of hydrogen-bond donors (Lipinski definition) is 2. The highest BCUT2D eigenvalue weighted by molar-refractivity contribution is 5.47. The van der Waals surface area contributed by atoms with Crippen molar-refractivity contribution in [3.8, 4) is 11.5 Å². The Morgan fingerprint density at radius 2 is 1.25 bits per heavy atom. The molecule has 2 N–H and O–H groups in total. The molecule has 0 aliphatic heterocycles. The van der Waals surface area contributed by atoms with E-state index in [1.54, 1.807) is 0 Å². The Morgan fingerprint density at radius 3 is 1.50 bits per heavy atom. The maximum Gasteiger partial charge on any atom is 0.119 e. The fourth-order valence-corrected chi connectivity index (χ4v) is 1.46. The van der Waals surface area contributed by atoms with Crippen molar-refractivity contribution in [2.75, 3.05) is 0 Å². The predicted octanol–water partition coefficient (Wildman–Crippen LogP) is 2.22. The van der Waals surface area contributed by atoms with Crippen LogP contribution in [0, 0.1) is 0 Å². The third kappa shape index (κ3) is 1.37. The maximum atomic E-state index is 9.44. The van der Waals surface area contributed by atoms with E-state index in [1.165, 1.54) is 12.1 Å². The lowest BCUT2D eigenvalue weighted by Gasteiger charge is -2.09. The van der Waals surface area contributed by atoms with Gasteiger partial charge >= 0.3 is 0 Å². The van der Waals surface area contributed by atoms with Crippen molar-refractivity contribution in [1.82, 2.24) is 0 Å². The van der Waals surface area contributed by atoms with E-state index in [4.69, 9.17) is 0 Å². The van der Waals surface area contributed by atoms with Crippen LogP contribution in [0.25, 0.3) is 0 Å². The van der Waals surface area contributed by atoms with Crippen LogP contribution in [-0.2, 0) is 12.8 Å². The lowest BCUT2D eigenvalue weighted by atomic mass is 10.0. The van der Waals surface area contributed by atoms with Crippen molar-refractivity contribution in [2.24, 2.45) is 0 Å². The standard InChI is InChI=1S/C10H14O2/c1-3-7-8(4-2)10(12)6-5-9(7)11/h5-6,11-12H,3-4H2,1-2H3. The quantitative estimate of drug-likeness (QED) is 0.661. The van der Waals surface area contributed by atoms with Gasteiger partial charge in [-0.2, -0.15) is 0 Å². The van der Waals surface area contributed by atoms with Crippen molar-refractivity contribution in [1.29, 1.82) is 0 Å². The van der Waals surface area contributed by atoms with Gasteiger partial charge in [-0.3, -0.25) is 0 Å². The molecule has 0 amide bonds. The summed E-state index contributed by atoms with van der Waals surface area (Å²) in [5.74, 6) is 0.569. The Bertz CT molecular complexity index is 250. The molecular formula is C10H14O2. The molecule has 0 fully saturated rings.